The minimum atomic E-state index is -0.319. The Balaban J connectivity index is 0.00000289. The van der Waals surface area contributed by atoms with Gasteiger partial charge in [0.25, 0.3) is 0 Å². The van der Waals surface area contributed by atoms with Gasteiger partial charge in [-0.2, -0.15) is 0 Å². The highest BCUT2D eigenvalue weighted by Gasteiger charge is 2.38. The highest BCUT2D eigenvalue weighted by Crippen LogP contribution is 2.31. The van der Waals surface area contributed by atoms with Crippen molar-refractivity contribution in [1.82, 2.24) is 4.90 Å². The predicted octanol–water partition coefficient (Wildman–Crippen LogP) is 2.68. The lowest BCUT2D eigenvalue weighted by Gasteiger charge is -2.41. The Bertz CT molecular complexity index is 258. The Morgan fingerprint density at radius 3 is 2.22 bits per heavy atom. The number of carbonyl (C=O) groups is 1. The van der Waals surface area contributed by atoms with Gasteiger partial charge >= 0.3 is 0 Å². The molecule has 2 atom stereocenters. The first kappa shape index (κ1) is 17.7. The molecule has 0 saturated carbocycles. The zero-order valence-electron chi connectivity index (χ0n) is 12.2. The maximum absolute atomic E-state index is 12.6. The van der Waals surface area contributed by atoms with E-state index in [4.69, 9.17) is 5.73 Å². The van der Waals surface area contributed by atoms with Crippen molar-refractivity contribution in [2.24, 2.45) is 23.0 Å². The predicted molar refractivity (Wildman–Crippen MR) is 78.8 cm³/mol. The van der Waals surface area contributed by atoms with Gasteiger partial charge in [-0.1, -0.05) is 27.7 Å². The lowest BCUT2D eigenvalue weighted by Crippen LogP contribution is -2.51. The number of amides is 1. The van der Waals surface area contributed by atoms with Crippen LogP contribution in [0.5, 0.6) is 0 Å². The van der Waals surface area contributed by atoms with Crippen LogP contribution in [0.15, 0.2) is 0 Å². The molecule has 0 spiro atoms. The first-order chi connectivity index (χ1) is 8.00. The van der Waals surface area contributed by atoms with Gasteiger partial charge in [-0.3, -0.25) is 4.79 Å². The van der Waals surface area contributed by atoms with E-state index in [-0.39, 0.29) is 23.7 Å². The number of halogens is 1. The molecule has 1 aliphatic rings. The molecule has 3 nitrogen and oxygen atoms in total. The van der Waals surface area contributed by atoms with Gasteiger partial charge in [0.15, 0.2) is 0 Å². The molecule has 108 valence electrons. The number of piperidine rings is 1. The smallest absolute Gasteiger partial charge is 0.230 e. The van der Waals surface area contributed by atoms with E-state index >= 15 is 0 Å². The van der Waals surface area contributed by atoms with Crippen molar-refractivity contribution in [1.29, 1.82) is 0 Å². The van der Waals surface area contributed by atoms with Gasteiger partial charge in [0.1, 0.15) is 0 Å². The molecule has 0 aromatic rings. The third-order valence-electron chi connectivity index (χ3n) is 4.82. The van der Waals surface area contributed by atoms with Crippen molar-refractivity contribution >= 4 is 18.3 Å². The summed E-state index contributed by atoms with van der Waals surface area (Å²) in [6, 6.07) is 0. The second kappa shape index (κ2) is 7.34. The van der Waals surface area contributed by atoms with Crippen molar-refractivity contribution < 1.29 is 4.79 Å². The molecule has 4 heteroatoms. The average Bonchev–Trinajstić information content (AvgIpc) is 2.35. The van der Waals surface area contributed by atoms with Gasteiger partial charge in [-0.25, -0.2) is 0 Å². The van der Waals surface area contributed by atoms with E-state index in [0.717, 1.165) is 38.3 Å². The zero-order chi connectivity index (χ0) is 13.1. The summed E-state index contributed by atoms with van der Waals surface area (Å²) < 4.78 is 0. The molecule has 2 unspecified atom stereocenters. The molecule has 1 fully saturated rings. The number of rotatable bonds is 4. The van der Waals surface area contributed by atoms with Gasteiger partial charge in [0, 0.05) is 19.6 Å². The fourth-order valence-electron chi connectivity index (χ4n) is 2.71. The lowest BCUT2D eigenvalue weighted by atomic mass is 9.79. The van der Waals surface area contributed by atoms with Crippen molar-refractivity contribution in [2.45, 2.75) is 47.0 Å². The zero-order valence-corrected chi connectivity index (χ0v) is 13.1. The van der Waals surface area contributed by atoms with Crippen LogP contribution in [0.25, 0.3) is 0 Å². The van der Waals surface area contributed by atoms with Gasteiger partial charge in [0.05, 0.1) is 5.41 Å². The first-order valence-corrected chi connectivity index (χ1v) is 7.00. The minimum absolute atomic E-state index is 0. The van der Waals surface area contributed by atoms with Crippen molar-refractivity contribution in [3.05, 3.63) is 0 Å². The van der Waals surface area contributed by atoms with Gasteiger partial charge in [0.2, 0.25) is 5.91 Å². The van der Waals surface area contributed by atoms with Crippen molar-refractivity contribution in [3.63, 3.8) is 0 Å². The normalized spacial score (nSPS) is 24.6. The maximum atomic E-state index is 12.6. The maximum Gasteiger partial charge on any atom is 0.230 e. The van der Waals surface area contributed by atoms with E-state index in [1.807, 2.05) is 4.90 Å². The largest absolute Gasteiger partial charge is 0.342 e. The average molecular weight is 277 g/mol. The summed E-state index contributed by atoms with van der Waals surface area (Å²) in [7, 11) is 0. The summed E-state index contributed by atoms with van der Waals surface area (Å²) in [5, 5.41) is 0. The molecule has 18 heavy (non-hydrogen) atoms. The Morgan fingerprint density at radius 2 is 1.83 bits per heavy atom. The van der Waals surface area contributed by atoms with Crippen LogP contribution in [0.3, 0.4) is 0 Å². The molecule has 0 bridgehead atoms. The number of nitrogens with zero attached hydrogens (tertiary/aromatic N) is 1. The molecule has 1 rings (SSSR count). The molecule has 0 aromatic heterocycles. The second-order valence-corrected chi connectivity index (χ2v) is 5.69. The molecule has 1 amide bonds. The lowest BCUT2D eigenvalue weighted by molar-refractivity contribution is -0.144. The molecule has 0 aliphatic carbocycles. The Kier molecular flexibility index (Phi) is 7.23. The quantitative estimate of drug-likeness (QED) is 0.858. The molecular weight excluding hydrogens is 248 g/mol. The third kappa shape index (κ3) is 3.39. The SMILES string of the molecule is CCC(CC)(CN)C(=O)N1CCC(C)C(C)C1.Cl. The molecule has 1 aliphatic heterocycles. The molecule has 0 radical (unpaired) electrons. The van der Waals surface area contributed by atoms with E-state index in [2.05, 4.69) is 27.7 Å². The van der Waals surface area contributed by atoms with Crippen LogP contribution >= 0.6 is 12.4 Å². The van der Waals surface area contributed by atoms with Crippen LogP contribution in [-0.2, 0) is 4.79 Å². The van der Waals surface area contributed by atoms with E-state index in [9.17, 15) is 4.79 Å². The Morgan fingerprint density at radius 1 is 1.28 bits per heavy atom. The fraction of sp³-hybridized carbons (Fsp3) is 0.929. The topological polar surface area (TPSA) is 46.3 Å². The molecular formula is C14H29ClN2O. The molecule has 1 heterocycles. The summed E-state index contributed by atoms with van der Waals surface area (Å²) >= 11 is 0. The van der Waals surface area contributed by atoms with E-state index in [1.165, 1.54) is 0 Å². The van der Waals surface area contributed by atoms with E-state index in [0.29, 0.717) is 12.5 Å². The number of likely N-dealkylation sites (tertiary alicyclic amines) is 1. The highest BCUT2D eigenvalue weighted by atomic mass is 35.5. The van der Waals surface area contributed by atoms with Gasteiger partial charge in [-0.05, 0) is 31.1 Å². The van der Waals surface area contributed by atoms with Crippen molar-refractivity contribution in [2.75, 3.05) is 19.6 Å². The fourth-order valence-corrected chi connectivity index (χ4v) is 2.71. The summed E-state index contributed by atoms with van der Waals surface area (Å²) in [6.45, 7) is 11.0. The molecule has 1 saturated heterocycles. The Hall–Kier alpha value is -0.280. The highest BCUT2D eigenvalue weighted by molar-refractivity contribution is 5.85. The van der Waals surface area contributed by atoms with Crippen LogP contribution in [-0.4, -0.2) is 30.4 Å². The second-order valence-electron chi connectivity index (χ2n) is 5.69. The van der Waals surface area contributed by atoms with E-state index in [1.54, 1.807) is 0 Å². The summed E-state index contributed by atoms with van der Waals surface area (Å²) in [4.78, 5) is 14.7. The van der Waals surface area contributed by atoms with Gasteiger partial charge in [-0.15, -0.1) is 12.4 Å². The summed E-state index contributed by atoms with van der Waals surface area (Å²) in [5.74, 6) is 1.62. The third-order valence-corrected chi connectivity index (χ3v) is 4.82. The van der Waals surface area contributed by atoms with Crippen LogP contribution in [0.2, 0.25) is 0 Å². The molecule has 2 N–H and O–H groups in total. The van der Waals surface area contributed by atoms with Crippen LogP contribution in [0.1, 0.15) is 47.0 Å². The summed E-state index contributed by atoms with van der Waals surface area (Å²) in [6.07, 6.45) is 2.82. The molecule has 0 aromatic carbocycles. The number of hydrogen-bond acceptors (Lipinski definition) is 2. The monoisotopic (exact) mass is 276 g/mol. The van der Waals surface area contributed by atoms with E-state index < -0.39 is 0 Å². The number of hydrogen-bond donors (Lipinski definition) is 1. The first-order valence-electron chi connectivity index (χ1n) is 7.00. The number of nitrogens with two attached hydrogens (primary N) is 1. The van der Waals surface area contributed by atoms with Crippen molar-refractivity contribution in [3.8, 4) is 0 Å². The van der Waals surface area contributed by atoms with Crippen LogP contribution < -0.4 is 5.73 Å². The van der Waals surface area contributed by atoms with Gasteiger partial charge < -0.3 is 10.6 Å². The van der Waals surface area contributed by atoms with Crippen LogP contribution in [0.4, 0.5) is 0 Å². The Labute approximate surface area is 118 Å². The minimum Gasteiger partial charge on any atom is -0.342 e. The summed E-state index contributed by atoms with van der Waals surface area (Å²) in [5.41, 5.74) is 5.53. The standard InChI is InChI=1S/C14H28N2O.ClH/c1-5-14(6-2,10-15)13(17)16-8-7-11(3)12(4)9-16;/h11-12H,5-10,15H2,1-4H3;1H. The number of carbonyl (C=O) groups excluding carboxylic acids is 1. The van der Waals surface area contributed by atoms with Crippen LogP contribution in [0, 0.1) is 17.3 Å².